The number of aromatic amines is 1. The molecule has 1 amide bonds. The minimum Gasteiger partial charge on any atom is -0.467 e. The molecule has 3 aromatic heterocycles. The summed E-state index contributed by atoms with van der Waals surface area (Å²) in [5.74, 6) is 1.81. The van der Waals surface area contributed by atoms with Crippen LogP contribution in [0, 0.1) is 11.3 Å². The lowest BCUT2D eigenvalue weighted by molar-refractivity contribution is -0.121. The number of carbonyl (C=O) groups is 1. The van der Waals surface area contributed by atoms with E-state index in [1.54, 1.807) is 23.7 Å². The van der Waals surface area contributed by atoms with Crippen molar-refractivity contribution in [2.24, 2.45) is 11.3 Å². The lowest BCUT2D eigenvalue weighted by Crippen LogP contribution is -2.26. The van der Waals surface area contributed by atoms with Crippen molar-refractivity contribution in [2.75, 3.05) is 0 Å². The number of hydrogen-bond donors (Lipinski definition) is 2. The quantitative estimate of drug-likeness (QED) is 0.662. The molecule has 29 heavy (non-hydrogen) atoms. The van der Waals surface area contributed by atoms with Gasteiger partial charge in [0.25, 0.3) is 5.56 Å². The zero-order chi connectivity index (χ0) is 20.6. The lowest BCUT2D eigenvalue weighted by atomic mass is 9.72. The number of H-pyrrole nitrogens is 1. The van der Waals surface area contributed by atoms with E-state index in [4.69, 9.17) is 4.42 Å². The molecule has 3 heterocycles. The van der Waals surface area contributed by atoms with E-state index in [2.05, 4.69) is 36.1 Å². The van der Waals surface area contributed by atoms with Crippen LogP contribution in [-0.4, -0.2) is 15.9 Å². The third-order valence-corrected chi connectivity index (χ3v) is 6.97. The number of rotatable bonds is 5. The topological polar surface area (TPSA) is 88.0 Å². The van der Waals surface area contributed by atoms with Gasteiger partial charge in [0.15, 0.2) is 0 Å². The summed E-state index contributed by atoms with van der Waals surface area (Å²) in [6, 6.07) is 3.60. The SMILES string of the molecule is CC(C)(C)C1CCc2c(sc3nc(CCC(=O)NCc4ccco4)[nH]c(=O)c23)C1. The van der Waals surface area contributed by atoms with E-state index in [9.17, 15) is 9.59 Å². The number of aromatic nitrogens is 2. The average molecular weight is 414 g/mol. The summed E-state index contributed by atoms with van der Waals surface area (Å²) in [4.78, 5) is 34.5. The number of hydrogen-bond acceptors (Lipinski definition) is 5. The first-order valence-corrected chi connectivity index (χ1v) is 11.0. The van der Waals surface area contributed by atoms with Gasteiger partial charge in [0.2, 0.25) is 5.91 Å². The van der Waals surface area contributed by atoms with Crippen molar-refractivity contribution in [3.05, 3.63) is 50.8 Å². The van der Waals surface area contributed by atoms with Crippen molar-refractivity contribution in [3.63, 3.8) is 0 Å². The molecule has 0 fully saturated rings. The Morgan fingerprint density at radius 3 is 2.97 bits per heavy atom. The molecule has 0 aliphatic heterocycles. The predicted molar refractivity (Wildman–Crippen MR) is 114 cm³/mol. The Hall–Kier alpha value is -2.41. The normalized spacial score (nSPS) is 16.7. The third kappa shape index (κ3) is 4.29. The second-order valence-electron chi connectivity index (χ2n) is 8.86. The van der Waals surface area contributed by atoms with Gasteiger partial charge in [-0.1, -0.05) is 20.8 Å². The average Bonchev–Trinajstić information content (AvgIpc) is 3.30. The summed E-state index contributed by atoms with van der Waals surface area (Å²) in [5, 5.41) is 3.57. The van der Waals surface area contributed by atoms with E-state index in [1.165, 1.54) is 10.4 Å². The summed E-state index contributed by atoms with van der Waals surface area (Å²) in [5.41, 5.74) is 1.37. The maximum absolute atomic E-state index is 12.7. The van der Waals surface area contributed by atoms with Crippen LogP contribution >= 0.6 is 11.3 Å². The molecule has 3 aromatic rings. The molecule has 7 heteroatoms. The number of nitrogens with one attached hydrogen (secondary N) is 2. The number of amides is 1. The van der Waals surface area contributed by atoms with Gasteiger partial charge in [-0.2, -0.15) is 0 Å². The Morgan fingerprint density at radius 1 is 1.41 bits per heavy atom. The standard InChI is InChI=1S/C22H27N3O3S/c1-22(2,3)13-6-7-15-16(11-13)29-21-19(15)20(27)24-17(25-21)8-9-18(26)23-12-14-5-4-10-28-14/h4-5,10,13H,6-9,11-12H2,1-3H3,(H,23,26)(H,24,25,27). The number of carbonyl (C=O) groups excluding carboxylic acids is 1. The molecule has 0 spiro atoms. The monoisotopic (exact) mass is 413 g/mol. The van der Waals surface area contributed by atoms with E-state index in [0.717, 1.165) is 29.5 Å². The zero-order valence-electron chi connectivity index (χ0n) is 17.1. The molecule has 2 N–H and O–H groups in total. The molecule has 0 saturated heterocycles. The second kappa shape index (κ2) is 7.78. The molecular weight excluding hydrogens is 386 g/mol. The Kier molecular flexibility index (Phi) is 5.34. The Balaban J connectivity index is 1.46. The first kappa shape index (κ1) is 19.9. The van der Waals surface area contributed by atoms with Gasteiger partial charge in [0.1, 0.15) is 16.4 Å². The number of furan rings is 1. The Labute approximate surface area is 173 Å². The van der Waals surface area contributed by atoms with Crippen molar-refractivity contribution in [1.82, 2.24) is 15.3 Å². The van der Waals surface area contributed by atoms with Crippen LogP contribution in [0.4, 0.5) is 0 Å². The summed E-state index contributed by atoms with van der Waals surface area (Å²) in [6.45, 7) is 7.23. The fraction of sp³-hybridized carbons (Fsp3) is 0.500. The van der Waals surface area contributed by atoms with Gasteiger partial charge < -0.3 is 14.7 Å². The summed E-state index contributed by atoms with van der Waals surface area (Å²) >= 11 is 1.65. The highest BCUT2D eigenvalue weighted by Crippen LogP contribution is 2.41. The molecule has 154 valence electrons. The van der Waals surface area contributed by atoms with E-state index >= 15 is 0 Å². The van der Waals surface area contributed by atoms with Crippen molar-refractivity contribution < 1.29 is 9.21 Å². The van der Waals surface area contributed by atoms with Gasteiger partial charge in [-0.25, -0.2) is 4.98 Å². The van der Waals surface area contributed by atoms with Crippen LogP contribution in [0.1, 0.15) is 55.6 Å². The van der Waals surface area contributed by atoms with Crippen molar-refractivity contribution in [3.8, 4) is 0 Å². The van der Waals surface area contributed by atoms with Gasteiger partial charge in [-0.05, 0) is 48.3 Å². The maximum atomic E-state index is 12.7. The summed E-state index contributed by atoms with van der Waals surface area (Å²) in [7, 11) is 0. The molecule has 1 aliphatic rings. The van der Waals surface area contributed by atoms with Crippen LogP contribution in [0.5, 0.6) is 0 Å². The molecule has 0 radical (unpaired) electrons. The van der Waals surface area contributed by atoms with E-state index in [1.807, 2.05) is 6.07 Å². The fourth-order valence-electron chi connectivity index (χ4n) is 4.01. The van der Waals surface area contributed by atoms with Crippen LogP contribution < -0.4 is 10.9 Å². The molecule has 4 rings (SSSR count). The van der Waals surface area contributed by atoms with Crippen LogP contribution in [0.25, 0.3) is 10.2 Å². The van der Waals surface area contributed by atoms with Gasteiger partial charge in [0.05, 0.1) is 18.2 Å². The number of thiophene rings is 1. The summed E-state index contributed by atoms with van der Waals surface area (Å²) in [6.07, 6.45) is 5.32. The molecule has 1 unspecified atom stereocenters. The number of aryl methyl sites for hydroxylation is 2. The smallest absolute Gasteiger partial charge is 0.259 e. The molecule has 1 atom stereocenters. The van der Waals surface area contributed by atoms with E-state index in [-0.39, 0.29) is 23.3 Å². The van der Waals surface area contributed by atoms with E-state index < -0.39 is 0 Å². The van der Waals surface area contributed by atoms with Crippen LogP contribution in [0.3, 0.4) is 0 Å². The number of fused-ring (bicyclic) bond motifs is 3. The first-order chi connectivity index (χ1) is 13.8. The van der Waals surface area contributed by atoms with Crippen molar-refractivity contribution in [1.29, 1.82) is 0 Å². The highest BCUT2D eigenvalue weighted by molar-refractivity contribution is 7.18. The van der Waals surface area contributed by atoms with Crippen molar-refractivity contribution >= 4 is 27.5 Å². The highest BCUT2D eigenvalue weighted by atomic mass is 32.1. The molecule has 6 nitrogen and oxygen atoms in total. The first-order valence-electron chi connectivity index (χ1n) is 10.1. The second-order valence-corrected chi connectivity index (χ2v) is 9.94. The molecule has 0 saturated carbocycles. The third-order valence-electron chi connectivity index (χ3n) is 5.82. The van der Waals surface area contributed by atoms with Crippen LogP contribution in [0.2, 0.25) is 0 Å². The largest absolute Gasteiger partial charge is 0.467 e. The molecular formula is C22H27N3O3S. The van der Waals surface area contributed by atoms with Gasteiger partial charge in [-0.15, -0.1) is 11.3 Å². The molecule has 0 aromatic carbocycles. The molecule has 1 aliphatic carbocycles. The minimum atomic E-state index is -0.0948. The van der Waals surface area contributed by atoms with Gasteiger partial charge >= 0.3 is 0 Å². The number of nitrogens with zero attached hydrogens (tertiary/aromatic N) is 1. The van der Waals surface area contributed by atoms with Crippen LogP contribution in [0.15, 0.2) is 27.6 Å². The van der Waals surface area contributed by atoms with Crippen molar-refractivity contribution in [2.45, 2.75) is 59.4 Å². The van der Waals surface area contributed by atoms with Crippen LogP contribution in [-0.2, 0) is 30.6 Å². The highest BCUT2D eigenvalue weighted by Gasteiger charge is 2.31. The van der Waals surface area contributed by atoms with E-state index in [0.29, 0.717) is 30.5 Å². The predicted octanol–water partition coefficient (Wildman–Crippen LogP) is 3.98. The minimum absolute atomic E-state index is 0.0762. The van der Waals surface area contributed by atoms with Gasteiger partial charge in [-0.3, -0.25) is 9.59 Å². The fourth-order valence-corrected chi connectivity index (χ4v) is 5.32. The summed E-state index contributed by atoms with van der Waals surface area (Å²) < 4.78 is 5.21. The maximum Gasteiger partial charge on any atom is 0.259 e. The zero-order valence-corrected chi connectivity index (χ0v) is 17.9. The Bertz CT molecular complexity index is 1070. The molecule has 0 bridgehead atoms. The lowest BCUT2D eigenvalue weighted by Gasteiger charge is -2.33. The Morgan fingerprint density at radius 2 is 2.24 bits per heavy atom. The van der Waals surface area contributed by atoms with Gasteiger partial charge in [0, 0.05) is 17.7 Å².